The normalized spacial score (nSPS) is 17.0. The van der Waals surface area contributed by atoms with Crippen LogP contribution in [0.15, 0.2) is 35.4 Å². The first kappa shape index (κ1) is 22.7. The molecule has 7 heteroatoms. The molecule has 0 atom stereocenters. The van der Waals surface area contributed by atoms with Gasteiger partial charge >= 0.3 is 6.18 Å². The molecule has 2 aromatic rings. The van der Waals surface area contributed by atoms with Crippen LogP contribution in [0.1, 0.15) is 72.6 Å². The summed E-state index contributed by atoms with van der Waals surface area (Å²) in [4.78, 5) is 18.3. The Morgan fingerprint density at radius 1 is 1.23 bits per heavy atom. The fraction of sp³-hybridized carbons (Fsp3) is 0.478. The Hall–Kier alpha value is -2.02. The molecule has 1 saturated carbocycles. The number of carbonyl (C=O) groups is 1. The molecule has 0 aliphatic heterocycles. The third-order valence-corrected chi connectivity index (χ3v) is 6.68. The van der Waals surface area contributed by atoms with Crippen molar-refractivity contribution in [2.24, 2.45) is 5.41 Å². The number of rotatable bonds is 4. The van der Waals surface area contributed by atoms with Gasteiger partial charge in [0.05, 0.1) is 16.8 Å². The highest BCUT2D eigenvalue weighted by atomic mass is 32.2. The minimum Gasteiger partial charge on any atom is -0.322 e. The van der Waals surface area contributed by atoms with Crippen molar-refractivity contribution in [2.75, 3.05) is 11.6 Å². The number of nitrogens with one attached hydrogen (secondary N) is 1. The average Bonchev–Trinajstić information content (AvgIpc) is 2.66. The lowest BCUT2D eigenvalue weighted by Gasteiger charge is -2.35. The summed E-state index contributed by atoms with van der Waals surface area (Å²) in [6, 6.07) is 7.26. The van der Waals surface area contributed by atoms with Crippen molar-refractivity contribution in [1.29, 1.82) is 0 Å². The van der Waals surface area contributed by atoms with E-state index in [-0.39, 0.29) is 22.5 Å². The van der Waals surface area contributed by atoms with Crippen molar-refractivity contribution in [3.63, 3.8) is 0 Å². The molecular formula is C23H27F3N2OS. The van der Waals surface area contributed by atoms with Crippen molar-refractivity contribution >= 4 is 23.4 Å². The summed E-state index contributed by atoms with van der Waals surface area (Å²) in [7, 11) is 0. The largest absolute Gasteiger partial charge is 0.418 e. The molecule has 1 aliphatic carbocycles. The Balaban J connectivity index is 2.01. The number of pyridine rings is 1. The summed E-state index contributed by atoms with van der Waals surface area (Å²) in [6.45, 7) is 5.76. The molecule has 0 saturated heterocycles. The molecule has 1 N–H and O–H groups in total. The van der Waals surface area contributed by atoms with E-state index in [4.69, 9.17) is 0 Å². The van der Waals surface area contributed by atoms with E-state index in [0.29, 0.717) is 11.4 Å². The van der Waals surface area contributed by atoms with Crippen LogP contribution in [0, 0.1) is 12.3 Å². The number of nitrogens with zero attached hydrogens (tertiary/aromatic N) is 1. The standard InChI is InChI=1S/C23H27F3N2OS/c1-14-18(23(24,25)26)13-27-20(15-8-10-22(2,3)11-9-15)19(14)21(29)28-16-6-5-7-17(12-16)30-4/h5-7,12-13,15H,8-11H2,1-4H3,(H,28,29). The van der Waals surface area contributed by atoms with Crippen molar-refractivity contribution in [1.82, 2.24) is 4.98 Å². The van der Waals surface area contributed by atoms with Crippen LogP contribution in [-0.2, 0) is 6.18 Å². The summed E-state index contributed by atoms with van der Waals surface area (Å²) in [5.74, 6) is -0.554. The number of carbonyl (C=O) groups excluding carboxylic acids is 1. The van der Waals surface area contributed by atoms with Crippen molar-refractivity contribution in [3.8, 4) is 0 Å². The number of hydrogen-bond donors (Lipinski definition) is 1. The minimum atomic E-state index is -4.56. The second-order valence-electron chi connectivity index (χ2n) is 8.68. The van der Waals surface area contributed by atoms with Gasteiger partial charge in [0.2, 0.25) is 0 Å². The van der Waals surface area contributed by atoms with Crippen molar-refractivity contribution in [2.45, 2.75) is 63.4 Å². The first-order valence-electron chi connectivity index (χ1n) is 10.0. The van der Waals surface area contributed by atoms with Crippen LogP contribution < -0.4 is 5.32 Å². The maximum atomic E-state index is 13.5. The molecule has 3 rings (SSSR count). The average molecular weight is 437 g/mol. The number of amides is 1. The number of halogens is 3. The lowest BCUT2D eigenvalue weighted by atomic mass is 9.71. The molecule has 162 valence electrons. The smallest absolute Gasteiger partial charge is 0.322 e. The van der Waals surface area contributed by atoms with Crippen LogP contribution in [0.25, 0.3) is 0 Å². The molecule has 0 radical (unpaired) electrons. The molecule has 1 aromatic heterocycles. The zero-order chi connectivity index (χ0) is 22.1. The third kappa shape index (κ3) is 4.99. The second-order valence-corrected chi connectivity index (χ2v) is 9.56. The quantitative estimate of drug-likeness (QED) is 0.521. The van der Waals surface area contributed by atoms with Gasteiger partial charge in [0.15, 0.2) is 0 Å². The molecule has 0 spiro atoms. The van der Waals surface area contributed by atoms with E-state index in [1.807, 2.05) is 24.5 Å². The van der Waals surface area contributed by atoms with Gasteiger partial charge < -0.3 is 5.32 Å². The van der Waals surface area contributed by atoms with Crippen LogP contribution in [0.4, 0.5) is 18.9 Å². The summed E-state index contributed by atoms with van der Waals surface area (Å²) >= 11 is 1.53. The highest BCUT2D eigenvalue weighted by Gasteiger charge is 2.37. The van der Waals surface area contributed by atoms with E-state index in [1.165, 1.54) is 18.7 Å². The summed E-state index contributed by atoms with van der Waals surface area (Å²) < 4.78 is 40.6. The molecule has 3 nitrogen and oxygen atoms in total. The molecule has 1 aromatic carbocycles. The van der Waals surface area contributed by atoms with Crippen LogP contribution in [0.3, 0.4) is 0 Å². The summed E-state index contributed by atoms with van der Waals surface area (Å²) in [5, 5.41) is 2.79. The second kappa shape index (κ2) is 8.61. The fourth-order valence-electron chi connectivity index (χ4n) is 4.07. The predicted octanol–water partition coefficient (Wildman–Crippen LogP) is 7.07. The van der Waals surface area contributed by atoms with Gasteiger partial charge in [-0.25, -0.2) is 0 Å². The third-order valence-electron chi connectivity index (χ3n) is 5.95. The summed E-state index contributed by atoms with van der Waals surface area (Å²) in [6.07, 6.45) is 1.78. The highest BCUT2D eigenvalue weighted by Crippen LogP contribution is 2.44. The van der Waals surface area contributed by atoms with Gasteiger partial charge in [-0.05, 0) is 68.0 Å². The first-order valence-corrected chi connectivity index (χ1v) is 11.3. The Kier molecular flexibility index (Phi) is 6.51. The van der Waals surface area contributed by atoms with Crippen molar-refractivity contribution < 1.29 is 18.0 Å². The zero-order valence-electron chi connectivity index (χ0n) is 17.7. The zero-order valence-corrected chi connectivity index (χ0v) is 18.5. The van der Waals surface area contributed by atoms with Gasteiger partial charge in [-0.3, -0.25) is 9.78 Å². The van der Waals surface area contributed by atoms with Gasteiger partial charge in [-0.1, -0.05) is 19.9 Å². The Morgan fingerprint density at radius 3 is 2.50 bits per heavy atom. The molecule has 0 unspecified atom stereocenters. The Morgan fingerprint density at radius 2 is 1.90 bits per heavy atom. The van der Waals surface area contributed by atoms with E-state index in [2.05, 4.69) is 24.1 Å². The lowest BCUT2D eigenvalue weighted by Crippen LogP contribution is -2.25. The van der Waals surface area contributed by atoms with E-state index >= 15 is 0 Å². The van der Waals surface area contributed by atoms with E-state index < -0.39 is 17.6 Å². The molecule has 1 fully saturated rings. The molecule has 30 heavy (non-hydrogen) atoms. The monoisotopic (exact) mass is 436 g/mol. The lowest BCUT2D eigenvalue weighted by molar-refractivity contribution is -0.138. The van der Waals surface area contributed by atoms with Crippen molar-refractivity contribution in [3.05, 3.63) is 52.8 Å². The number of hydrogen-bond acceptors (Lipinski definition) is 3. The van der Waals surface area contributed by atoms with Crippen LogP contribution in [-0.4, -0.2) is 17.1 Å². The SMILES string of the molecule is CSc1cccc(NC(=O)c2c(C3CCC(C)(C)CC3)ncc(C(F)(F)F)c2C)c1. The first-order chi connectivity index (χ1) is 14.0. The van der Waals surface area contributed by atoms with Gasteiger partial charge in [0.25, 0.3) is 5.91 Å². The molecule has 1 amide bonds. The van der Waals surface area contributed by atoms with Crippen LogP contribution >= 0.6 is 11.8 Å². The molecule has 0 bridgehead atoms. The van der Waals surface area contributed by atoms with Gasteiger partial charge in [0, 0.05) is 22.7 Å². The van der Waals surface area contributed by atoms with E-state index in [0.717, 1.165) is 36.8 Å². The van der Waals surface area contributed by atoms with Crippen LogP contribution in [0.5, 0.6) is 0 Å². The molecule has 1 heterocycles. The minimum absolute atomic E-state index is 0.0164. The Bertz CT molecular complexity index is 931. The number of anilines is 1. The number of aromatic nitrogens is 1. The maximum Gasteiger partial charge on any atom is 0.418 e. The van der Waals surface area contributed by atoms with Gasteiger partial charge in [-0.2, -0.15) is 13.2 Å². The molecule has 1 aliphatic rings. The maximum absolute atomic E-state index is 13.5. The number of alkyl halides is 3. The van der Waals surface area contributed by atoms with Crippen LogP contribution in [0.2, 0.25) is 0 Å². The van der Waals surface area contributed by atoms with E-state index in [9.17, 15) is 18.0 Å². The summed E-state index contributed by atoms with van der Waals surface area (Å²) in [5.41, 5.74) is 0.386. The topological polar surface area (TPSA) is 42.0 Å². The number of thioether (sulfide) groups is 1. The van der Waals surface area contributed by atoms with Gasteiger partial charge in [-0.15, -0.1) is 11.8 Å². The highest BCUT2D eigenvalue weighted by molar-refractivity contribution is 7.98. The van der Waals surface area contributed by atoms with E-state index in [1.54, 1.807) is 6.07 Å². The fourth-order valence-corrected chi connectivity index (χ4v) is 4.53. The number of benzene rings is 1. The molecular weight excluding hydrogens is 409 g/mol. The predicted molar refractivity (Wildman–Crippen MR) is 115 cm³/mol. The Labute approximate surface area is 179 Å². The van der Waals surface area contributed by atoms with Gasteiger partial charge in [0.1, 0.15) is 0 Å².